The molecule has 156 valence electrons. The van der Waals surface area contributed by atoms with Crippen LogP contribution < -0.4 is 14.8 Å². The second-order valence-electron chi connectivity index (χ2n) is 6.34. The molecule has 3 rings (SSSR count). The second-order valence-corrected chi connectivity index (χ2v) is 6.34. The van der Waals surface area contributed by atoms with Gasteiger partial charge < -0.3 is 19.4 Å². The molecular formula is C21H22N4O5. The van der Waals surface area contributed by atoms with Gasteiger partial charge in [-0.05, 0) is 48.9 Å². The van der Waals surface area contributed by atoms with Crippen molar-refractivity contribution in [1.29, 1.82) is 0 Å². The number of aromatic nitrogens is 2. The molecule has 2 N–H and O–H groups in total. The van der Waals surface area contributed by atoms with Gasteiger partial charge in [0.15, 0.2) is 0 Å². The van der Waals surface area contributed by atoms with E-state index in [9.17, 15) is 4.79 Å². The third kappa shape index (κ3) is 5.28. The summed E-state index contributed by atoms with van der Waals surface area (Å²) in [5.74, 6) is 1.92. The van der Waals surface area contributed by atoms with Crippen molar-refractivity contribution in [2.24, 2.45) is 12.2 Å². The number of ether oxygens (including phenoxy) is 2. The van der Waals surface area contributed by atoms with E-state index in [1.807, 2.05) is 31.2 Å². The van der Waals surface area contributed by atoms with Crippen LogP contribution in [0, 0.1) is 6.92 Å². The molecule has 30 heavy (non-hydrogen) atoms. The minimum absolute atomic E-state index is 0.234. The fraction of sp³-hybridized carbons (Fsp3) is 0.190. The monoisotopic (exact) mass is 410 g/mol. The van der Waals surface area contributed by atoms with Crippen molar-refractivity contribution in [3.8, 4) is 17.4 Å². The van der Waals surface area contributed by atoms with Crippen molar-refractivity contribution >= 4 is 18.0 Å². The lowest BCUT2D eigenvalue weighted by Gasteiger charge is -2.08. The van der Waals surface area contributed by atoms with Gasteiger partial charge in [-0.25, -0.2) is 9.48 Å². The first kappa shape index (κ1) is 20.7. The molecule has 0 aliphatic carbocycles. The molecule has 0 saturated carbocycles. The molecule has 9 nitrogen and oxygen atoms in total. The Hall–Kier alpha value is -4.01. The largest absolute Gasteiger partial charge is 0.497 e. The van der Waals surface area contributed by atoms with Gasteiger partial charge in [-0.2, -0.15) is 5.10 Å². The van der Waals surface area contributed by atoms with Gasteiger partial charge in [-0.15, -0.1) is 0 Å². The predicted octanol–water partition coefficient (Wildman–Crippen LogP) is 4.17. The van der Waals surface area contributed by atoms with E-state index in [-0.39, 0.29) is 6.61 Å². The zero-order valence-electron chi connectivity index (χ0n) is 16.8. The molecule has 1 heterocycles. The van der Waals surface area contributed by atoms with Crippen LogP contribution in [0.1, 0.15) is 16.8 Å². The topological polar surface area (TPSA) is 107 Å². The second kappa shape index (κ2) is 9.46. The molecule has 0 unspecified atom stereocenters. The van der Waals surface area contributed by atoms with E-state index in [0.29, 0.717) is 22.9 Å². The van der Waals surface area contributed by atoms with E-state index in [0.717, 1.165) is 17.0 Å². The van der Waals surface area contributed by atoms with E-state index in [1.165, 1.54) is 0 Å². The lowest BCUT2D eigenvalue weighted by molar-refractivity contribution is 0.132. The fourth-order valence-corrected chi connectivity index (χ4v) is 2.69. The van der Waals surface area contributed by atoms with Gasteiger partial charge in [0.25, 0.3) is 0 Å². The summed E-state index contributed by atoms with van der Waals surface area (Å²) in [5, 5.41) is 19.4. The molecule has 2 aromatic carbocycles. The summed E-state index contributed by atoms with van der Waals surface area (Å²) in [5.41, 5.74) is 2.79. The Kier molecular flexibility index (Phi) is 6.53. The summed E-state index contributed by atoms with van der Waals surface area (Å²) < 4.78 is 12.8. The maximum absolute atomic E-state index is 10.6. The molecule has 1 aromatic heterocycles. The smallest absolute Gasteiger partial charge is 0.409 e. The molecule has 1 amide bonds. The van der Waals surface area contributed by atoms with Gasteiger partial charge in [0, 0.05) is 12.7 Å². The summed E-state index contributed by atoms with van der Waals surface area (Å²) in [6.07, 6.45) is 0.449. The zero-order valence-corrected chi connectivity index (χ0v) is 16.8. The molecule has 0 atom stereocenters. The maximum Gasteiger partial charge on any atom is 0.409 e. The number of nitrogens with one attached hydrogen (secondary N) is 1. The van der Waals surface area contributed by atoms with Gasteiger partial charge in [-0.3, -0.25) is 5.32 Å². The zero-order chi connectivity index (χ0) is 21.5. The van der Waals surface area contributed by atoms with Crippen molar-refractivity contribution < 1.29 is 24.2 Å². The molecule has 0 saturated heterocycles. The quantitative estimate of drug-likeness (QED) is 0.426. The molecule has 0 bridgehead atoms. The third-order valence-corrected chi connectivity index (χ3v) is 4.18. The third-order valence-electron chi connectivity index (χ3n) is 4.18. The van der Waals surface area contributed by atoms with Crippen molar-refractivity contribution in [1.82, 2.24) is 9.78 Å². The SMILES string of the molecule is COc1ccc(Oc2c(C=NOCc3ccc(NC(=O)O)cc3)c(C)nn2C)cc1. The average Bonchev–Trinajstić information content (AvgIpc) is 2.99. The van der Waals surface area contributed by atoms with E-state index in [2.05, 4.69) is 15.6 Å². The Morgan fingerprint density at radius 2 is 1.83 bits per heavy atom. The minimum atomic E-state index is -1.11. The lowest BCUT2D eigenvalue weighted by Crippen LogP contribution is -2.06. The number of hydrogen-bond acceptors (Lipinski definition) is 6. The number of carboxylic acid groups (broad SMARTS) is 1. The van der Waals surface area contributed by atoms with Crippen LogP contribution >= 0.6 is 0 Å². The number of rotatable bonds is 8. The summed E-state index contributed by atoms with van der Waals surface area (Å²) in [7, 11) is 3.40. The van der Waals surface area contributed by atoms with Gasteiger partial charge in [0.1, 0.15) is 18.1 Å². The summed E-state index contributed by atoms with van der Waals surface area (Å²) in [6.45, 7) is 2.09. The van der Waals surface area contributed by atoms with Crippen LogP contribution in [0.2, 0.25) is 0 Å². The van der Waals surface area contributed by atoms with Gasteiger partial charge in [0.05, 0.1) is 24.6 Å². The average molecular weight is 410 g/mol. The van der Waals surface area contributed by atoms with E-state index in [1.54, 1.807) is 49.3 Å². The van der Waals surface area contributed by atoms with Crippen molar-refractivity contribution in [3.63, 3.8) is 0 Å². The first-order valence-electron chi connectivity index (χ1n) is 9.06. The summed E-state index contributed by atoms with van der Waals surface area (Å²) in [4.78, 5) is 16.0. The number of anilines is 1. The first-order chi connectivity index (χ1) is 14.5. The van der Waals surface area contributed by atoms with Crippen molar-refractivity contribution in [2.75, 3.05) is 12.4 Å². The molecule has 3 aromatic rings. The van der Waals surface area contributed by atoms with Gasteiger partial charge in [0.2, 0.25) is 5.88 Å². The maximum atomic E-state index is 10.6. The number of hydrogen-bond donors (Lipinski definition) is 2. The Morgan fingerprint density at radius 1 is 1.17 bits per heavy atom. The molecule has 0 aliphatic heterocycles. The van der Waals surface area contributed by atoms with Gasteiger partial charge in [-0.1, -0.05) is 17.3 Å². The molecule has 0 aliphatic rings. The first-order valence-corrected chi connectivity index (χ1v) is 9.06. The van der Waals surface area contributed by atoms with Crippen molar-refractivity contribution in [2.45, 2.75) is 13.5 Å². The Labute approximate surface area is 173 Å². The molecule has 0 radical (unpaired) electrons. The Bertz CT molecular complexity index is 1030. The van der Waals surface area contributed by atoms with Crippen LogP contribution in [0.25, 0.3) is 0 Å². The highest BCUT2D eigenvalue weighted by Crippen LogP contribution is 2.27. The number of benzene rings is 2. The normalized spacial score (nSPS) is 10.8. The van der Waals surface area contributed by atoms with Crippen molar-refractivity contribution in [3.05, 3.63) is 65.4 Å². The lowest BCUT2D eigenvalue weighted by atomic mass is 10.2. The molecule has 0 spiro atoms. The van der Waals surface area contributed by atoms with Crippen LogP contribution in [-0.4, -0.2) is 34.3 Å². The van der Waals surface area contributed by atoms with Crippen LogP contribution in [0.3, 0.4) is 0 Å². The van der Waals surface area contributed by atoms with E-state index < -0.39 is 6.09 Å². The number of aryl methyl sites for hydroxylation is 2. The number of oxime groups is 1. The van der Waals surface area contributed by atoms with Crippen LogP contribution in [0.5, 0.6) is 17.4 Å². The number of amides is 1. The van der Waals surface area contributed by atoms with Crippen LogP contribution in [-0.2, 0) is 18.5 Å². The van der Waals surface area contributed by atoms with Crippen LogP contribution in [0.4, 0.5) is 10.5 Å². The fourth-order valence-electron chi connectivity index (χ4n) is 2.69. The number of carbonyl (C=O) groups is 1. The highest BCUT2D eigenvalue weighted by atomic mass is 16.6. The highest BCUT2D eigenvalue weighted by molar-refractivity contribution is 5.84. The Balaban J connectivity index is 1.64. The van der Waals surface area contributed by atoms with E-state index in [4.69, 9.17) is 19.4 Å². The standard InChI is InChI=1S/C21H22N4O5/c1-14-19(12-22-29-13-15-4-6-16(7-5-15)23-21(26)27)20(25(2)24-14)30-18-10-8-17(28-3)9-11-18/h4-12,23H,13H2,1-3H3,(H,26,27). The highest BCUT2D eigenvalue weighted by Gasteiger charge is 2.14. The summed E-state index contributed by atoms with van der Waals surface area (Å²) in [6, 6.07) is 14.1. The van der Waals surface area contributed by atoms with E-state index >= 15 is 0 Å². The molecule has 9 heteroatoms. The predicted molar refractivity (Wildman–Crippen MR) is 111 cm³/mol. The molecular weight excluding hydrogens is 388 g/mol. The Morgan fingerprint density at radius 3 is 2.47 bits per heavy atom. The molecule has 0 fully saturated rings. The summed E-state index contributed by atoms with van der Waals surface area (Å²) >= 11 is 0. The number of methoxy groups -OCH3 is 1. The minimum Gasteiger partial charge on any atom is -0.497 e. The van der Waals surface area contributed by atoms with Crippen LogP contribution in [0.15, 0.2) is 53.7 Å². The number of nitrogens with zero attached hydrogens (tertiary/aromatic N) is 3. The van der Waals surface area contributed by atoms with Gasteiger partial charge >= 0.3 is 6.09 Å².